The van der Waals surface area contributed by atoms with Crippen molar-refractivity contribution < 1.29 is 10.0 Å². The minimum absolute atomic E-state index is 0.146. The highest BCUT2D eigenvalue weighted by Gasteiger charge is 2.24. The third-order valence-corrected chi connectivity index (χ3v) is 3.83. The molecule has 5 nitrogen and oxygen atoms in total. The van der Waals surface area contributed by atoms with Gasteiger partial charge in [0, 0.05) is 30.8 Å². The monoisotopic (exact) mass is 264 g/mol. The lowest BCUT2D eigenvalue weighted by molar-refractivity contribution is -0.385. The molecule has 1 saturated carbocycles. The standard InChI is InChI=1S/C14H20N2O3/c17-11-10-15(13-5-3-6-13)9-8-12-4-1-2-7-14(12)16(18)19/h1-2,4,7,13,17H,3,5-6,8-11H2. The first-order valence-corrected chi connectivity index (χ1v) is 6.79. The summed E-state index contributed by atoms with van der Waals surface area (Å²) < 4.78 is 0. The summed E-state index contributed by atoms with van der Waals surface area (Å²) in [6.45, 7) is 1.58. The fourth-order valence-corrected chi connectivity index (χ4v) is 2.52. The summed E-state index contributed by atoms with van der Waals surface area (Å²) in [5.74, 6) is 0. The number of hydrogen-bond acceptors (Lipinski definition) is 4. The van der Waals surface area contributed by atoms with Crippen LogP contribution < -0.4 is 0 Å². The van der Waals surface area contributed by atoms with Gasteiger partial charge in [0.2, 0.25) is 0 Å². The van der Waals surface area contributed by atoms with Crippen molar-refractivity contribution in [1.82, 2.24) is 4.90 Å². The molecule has 0 spiro atoms. The average Bonchev–Trinajstić information content (AvgIpc) is 2.34. The SMILES string of the molecule is O=[N+]([O-])c1ccccc1CCN(CCO)C1CCC1. The Balaban J connectivity index is 1.98. The summed E-state index contributed by atoms with van der Waals surface area (Å²) >= 11 is 0. The lowest BCUT2D eigenvalue weighted by atomic mass is 9.91. The lowest BCUT2D eigenvalue weighted by Crippen LogP contribution is -2.42. The molecule has 0 saturated heterocycles. The maximum Gasteiger partial charge on any atom is 0.272 e. The Morgan fingerprint density at radius 2 is 2.05 bits per heavy atom. The van der Waals surface area contributed by atoms with Crippen LogP contribution in [0.1, 0.15) is 24.8 Å². The van der Waals surface area contributed by atoms with Gasteiger partial charge in [-0.3, -0.25) is 15.0 Å². The predicted octanol–water partition coefficient (Wildman–Crippen LogP) is 1.98. The van der Waals surface area contributed by atoms with E-state index < -0.39 is 0 Å². The largest absolute Gasteiger partial charge is 0.395 e. The first kappa shape index (κ1) is 14.0. The van der Waals surface area contributed by atoms with E-state index in [2.05, 4.69) is 4.90 Å². The smallest absolute Gasteiger partial charge is 0.272 e. The molecule has 2 rings (SSSR count). The average molecular weight is 264 g/mol. The molecule has 1 N–H and O–H groups in total. The van der Waals surface area contributed by atoms with Crippen LogP contribution in [0.15, 0.2) is 24.3 Å². The second-order valence-electron chi connectivity index (χ2n) is 4.98. The van der Waals surface area contributed by atoms with E-state index in [0.717, 1.165) is 12.1 Å². The number of nitro benzene ring substituents is 1. The van der Waals surface area contributed by atoms with Crippen LogP contribution in [0.5, 0.6) is 0 Å². The van der Waals surface area contributed by atoms with Gasteiger partial charge in [0.05, 0.1) is 11.5 Å². The number of nitro groups is 1. The van der Waals surface area contributed by atoms with Gasteiger partial charge in [-0.05, 0) is 19.3 Å². The number of para-hydroxylation sites is 1. The second-order valence-corrected chi connectivity index (χ2v) is 4.98. The van der Waals surface area contributed by atoms with Crippen molar-refractivity contribution in [3.63, 3.8) is 0 Å². The van der Waals surface area contributed by atoms with Crippen molar-refractivity contribution in [2.24, 2.45) is 0 Å². The Morgan fingerprint density at radius 3 is 2.63 bits per heavy atom. The zero-order valence-corrected chi connectivity index (χ0v) is 11.0. The molecule has 1 aromatic rings. The zero-order valence-electron chi connectivity index (χ0n) is 11.0. The number of hydrogen-bond donors (Lipinski definition) is 1. The van der Waals surface area contributed by atoms with Crippen molar-refractivity contribution in [3.05, 3.63) is 39.9 Å². The van der Waals surface area contributed by atoms with Crippen molar-refractivity contribution in [2.45, 2.75) is 31.7 Å². The summed E-state index contributed by atoms with van der Waals surface area (Å²) in [5.41, 5.74) is 0.967. The number of benzene rings is 1. The summed E-state index contributed by atoms with van der Waals surface area (Å²) in [7, 11) is 0. The van der Waals surface area contributed by atoms with E-state index in [1.54, 1.807) is 12.1 Å². The van der Waals surface area contributed by atoms with Gasteiger partial charge in [0.25, 0.3) is 5.69 Å². The van der Waals surface area contributed by atoms with Gasteiger partial charge in [-0.25, -0.2) is 0 Å². The maximum absolute atomic E-state index is 10.9. The quantitative estimate of drug-likeness (QED) is 0.604. The molecule has 0 unspecified atom stereocenters. The van der Waals surface area contributed by atoms with Gasteiger partial charge in [0.15, 0.2) is 0 Å². The molecule has 0 radical (unpaired) electrons. The van der Waals surface area contributed by atoms with E-state index in [-0.39, 0.29) is 17.2 Å². The summed E-state index contributed by atoms with van der Waals surface area (Å²) in [4.78, 5) is 12.9. The first-order valence-electron chi connectivity index (χ1n) is 6.79. The van der Waals surface area contributed by atoms with Crippen LogP contribution in [0, 0.1) is 10.1 Å². The van der Waals surface area contributed by atoms with Gasteiger partial charge in [0.1, 0.15) is 0 Å². The Labute approximate surface area is 113 Å². The molecule has 0 atom stereocenters. The molecule has 1 aromatic carbocycles. The number of aliphatic hydroxyl groups is 1. The Morgan fingerprint density at radius 1 is 1.32 bits per heavy atom. The number of rotatable bonds is 7. The number of aliphatic hydroxyl groups excluding tert-OH is 1. The molecule has 1 aliphatic carbocycles. The Hall–Kier alpha value is -1.46. The molecule has 0 aromatic heterocycles. The van der Waals surface area contributed by atoms with E-state index in [9.17, 15) is 10.1 Å². The minimum Gasteiger partial charge on any atom is -0.395 e. The molecular weight excluding hydrogens is 244 g/mol. The first-order chi connectivity index (χ1) is 9.22. The zero-order chi connectivity index (χ0) is 13.7. The van der Waals surface area contributed by atoms with Gasteiger partial charge in [-0.2, -0.15) is 0 Å². The van der Waals surface area contributed by atoms with E-state index in [1.165, 1.54) is 19.3 Å². The molecule has 0 heterocycles. The van der Waals surface area contributed by atoms with E-state index in [4.69, 9.17) is 5.11 Å². The third kappa shape index (κ3) is 3.52. The molecule has 104 valence electrons. The van der Waals surface area contributed by atoms with Crippen LogP contribution in [0.4, 0.5) is 5.69 Å². The minimum atomic E-state index is -0.324. The van der Waals surface area contributed by atoms with Crippen LogP contribution in [0.3, 0.4) is 0 Å². The van der Waals surface area contributed by atoms with Crippen LogP contribution in [-0.4, -0.2) is 40.7 Å². The van der Waals surface area contributed by atoms with E-state index in [1.807, 2.05) is 12.1 Å². The highest BCUT2D eigenvalue weighted by Crippen LogP contribution is 2.25. The summed E-state index contributed by atoms with van der Waals surface area (Å²) in [6, 6.07) is 7.45. The van der Waals surface area contributed by atoms with Crippen molar-refractivity contribution in [2.75, 3.05) is 19.7 Å². The molecular formula is C14H20N2O3. The normalized spacial score (nSPS) is 15.5. The summed E-state index contributed by atoms with van der Waals surface area (Å²) in [6.07, 6.45) is 4.26. The Bertz CT molecular complexity index is 432. The van der Waals surface area contributed by atoms with Crippen LogP contribution in [0.25, 0.3) is 0 Å². The van der Waals surface area contributed by atoms with Crippen molar-refractivity contribution in [1.29, 1.82) is 0 Å². The van der Waals surface area contributed by atoms with Crippen molar-refractivity contribution >= 4 is 5.69 Å². The van der Waals surface area contributed by atoms with Crippen molar-refractivity contribution in [3.8, 4) is 0 Å². The van der Waals surface area contributed by atoms with Crippen LogP contribution in [0.2, 0.25) is 0 Å². The fourth-order valence-electron chi connectivity index (χ4n) is 2.52. The molecule has 0 aliphatic heterocycles. The maximum atomic E-state index is 10.9. The van der Waals surface area contributed by atoms with Gasteiger partial charge < -0.3 is 5.11 Å². The Kier molecular flexibility index (Phi) is 4.87. The molecule has 1 fully saturated rings. The summed E-state index contributed by atoms with van der Waals surface area (Å²) in [5, 5.41) is 20.0. The second kappa shape index (κ2) is 6.63. The van der Waals surface area contributed by atoms with Gasteiger partial charge in [-0.1, -0.05) is 24.6 Å². The van der Waals surface area contributed by atoms with E-state index in [0.29, 0.717) is 19.0 Å². The number of nitrogens with zero attached hydrogens (tertiary/aromatic N) is 2. The molecule has 19 heavy (non-hydrogen) atoms. The molecule has 0 amide bonds. The highest BCUT2D eigenvalue weighted by molar-refractivity contribution is 5.39. The van der Waals surface area contributed by atoms with Crippen LogP contribution >= 0.6 is 0 Å². The molecule has 1 aliphatic rings. The topological polar surface area (TPSA) is 66.6 Å². The van der Waals surface area contributed by atoms with Gasteiger partial charge in [-0.15, -0.1) is 0 Å². The predicted molar refractivity (Wildman–Crippen MR) is 73.1 cm³/mol. The molecule has 5 heteroatoms. The van der Waals surface area contributed by atoms with Crippen LogP contribution in [-0.2, 0) is 6.42 Å². The highest BCUT2D eigenvalue weighted by atomic mass is 16.6. The third-order valence-electron chi connectivity index (χ3n) is 3.83. The lowest BCUT2D eigenvalue weighted by Gasteiger charge is -2.37. The molecule has 0 bridgehead atoms. The van der Waals surface area contributed by atoms with Gasteiger partial charge >= 0.3 is 0 Å². The van der Waals surface area contributed by atoms with E-state index >= 15 is 0 Å². The fraction of sp³-hybridized carbons (Fsp3) is 0.571.